The number of hydrogen-bond acceptors (Lipinski definition) is 3. The van der Waals surface area contributed by atoms with E-state index in [0.717, 1.165) is 11.4 Å². The van der Waals surface area contributed by atoms with Gasteiger partial charge in [-0.3, -0.25) is 0 Å². The van der Waals surface area contributed by atoms with Crippen LogP contribution in [0.1, 0.15) is 11.7 Å². The molecule has 2 aromatic rings. The maximum absolute atomic E-state index is 10.1. The molecule has 0 aliphatic heterocycles. The number of hydrogen-bond donors (Lipinski definition) is 1. The highest BCUT2D eigenvalue weighted by atomic mass is 16.3. The predicted molar refractivity (Wildman–Crippen MR) is 68.9 cm³/mol. The number of aromatic nitrogens is 1. The van der Waals surface area contributed by atoms with Crippen LogP contribution in [-0.2, 0) is 0 Å². The summed E-state index contributed by atoms with van der Waals surface area (Å²) in [5.74, 6) is 0.863. The molecule has 0 fully saturated rings. The molecule has 1 aromatic heterocycles. The second kappa shape index (κ2) is 5.46. The molecule has 1 unspecified atom stereocenters. The lowest BCUT2D eigenvalue weighted by Gasteiger charge is -2.21. The Hall–Kier alpha value is -1.87. The Kier molecular flexibility index (Phi) is 3.73. The Morgan fingerprint density at radius 3 is 2.47 bits per heavy atom. The van der Waals surface area contributed by atoms with Crippen molar-refractivity contribution in [3.63, 3.8) is 0 Å². The van der Waals surface area contributed by atoms with Gasteiger partial charge in [-0.25, -0.2) is 4.98 Å². The minimum atomic E-state index is -0.497. The van der Waals surface area contributed by atoms with Gasteiger partial charge < -0.3 is 10.0 Å². The number of anilines is 1. The summed E-state index contributed by atoms with van der Waals surface area (Å²) in [7, 11) is 1.93. The average molecular weight is 228 g/mol. The largest absolute Gasteiger partial charge is 0.387 e. The molecule has 0 saturated carbocycles. The summed E-state index contributed by atoms with van der Waals surface area (Å²) in [5.41, 5.74) is 0.926. The van der Waals surface area contributed by atoms with Crippen LogP contribution in [0.15, 0.2) is 54.7 Å². The number of aliphatic hydroxyl groups is 1. The lowest BCUT2D eigenvalue weighted by Crippen LogP contribution is -2.24. The first-order valence-corrected chi connectivity index (χ1v) is 5.62. The van der Waals surface area contributed by atoms with Gasteiger partial charge in [0.15, 0.2) is 0 Å². The first-order valence-electron chi connectivity index (χ1n) is 5.62. The lowest BCUT2D eigenvalue weighted by molar-refractivity contribution is 0.185. The van der Waals surface area contributed by atoms with Crippen LogP contribution in [-0.4, -0.2) is 23.7 Å². The normalized spacial score (nSPS) is 12.1. The second-order valence-electron chi connectivity index (χ2n) is 3.99. The summed E-state index contributed by atoms with van der Waals surface area (Å²) in [6.45, 7) is 0.529. The predicted octanol–water partition coefficient (Wildman–Crippen LogP) is 2.25. The van der Waals surface area contributed by atoms with Crippen LogP contribution in [0.25, 0.3) is 0 Å². The Morgan fingerprint density at radius 2 is 1.82 bits per heavy atom. The van der Waals surface area contributed by atoms with Gasteiger partial charge >= 0.3 is 0 Å². The molecule has 1 heterocycles. The van der Waals surface area contributed by atoms with E-state index in [-0.39, 0.29) is 0 Å². The summed E-state index contributed by atoms with van der Waals surface area (Å²) in [5, 5.41) is 10.1. The first-order chi connectivity index (χ1) is 8.27. The van der Waals surface area contributed by atoms with E-state index in [0.29, 0.717) is 6.54 Å². The summed E-state index contributed by atoms with van der Waals surface area (Å²) in [6.07, 6.45) is 1.25. The average Bonchev–Trinajstić information content (AvgIpc) is 2.40. The van der Waals surface area contributed by atoms with E-state index < -0.39 is 6.10 Å². The van der Waals surface area contributed by atoms with Crippen molar-refractivity contribution in [1.82, 2.24) is 4.98 Å². The van der Waals surface area contributed by atoms with Crippen LogP contribution in [0.4, 0.5) is 5.82 Å². The third kappa shape index (κ3) is 3.04. The van der Waals surface area contributed by atoms with Crippen molar-refractivity contribution in [2.75, 3.05) is 18.5 Å². The third-order valence-corrected chi connectivity index (χ3v) is 2.67. The zero-order valence-corrected chi connectivity index (χ0v) is 9.82. The zero-order chi connectivity index (χ0) is 12.1. The number of pyridine rings is 1. The highest BCUT2D eigenvalue weighted by molar-refractivity contribution is 5.37. The smallest absolute Gasteiger partial charge is 0.128 e. The molecule has 0 aliphatic carbocycles. The van der Waals surface area contributed by atoms with E-state index in [1.54, 1.807) is 6.20 Å². The Morgan fingerprint density at radius 1 is 1.12 bits per heavy atom. The summed E-state index contributed by atoms with van der Waals surface area (Å²) in [4.78, 5) is 6.18. The second-order valence-corrected chi connectivity index (χ2v) is 3.99. The van der Waals surface area contributed by atoms with Gasteiger partial charge in [0.1, 0.15) is 5.82 Å². The SMILES string of the molecule is CN(CC(O)c1ccccc1)c1ccccn1. The van der Waals surface area contributed by atoms with Crippen LogP contribution >= 0.6 is 0 Å². The summed E-state index contributed by atoms with van der Waals surface area (Å²) < 4.78 is 0. The molecule has 3 heteroatoms. The van der Waals surface area contributed by atoms with Crippen molar-refractivity contribution in [1.29, 1.82) is 0 Å². The van der Waals surface area contributed by atoms with E-state index in [1.807, 2.05) is 60.5 Å². The highest BCUT2D eigenvalue weighted by Gasteiger charge is 2.10. The Bertz CT molecular complexity index is 401. The lowest BCUT2D eigenvalue weighted by atomic mass is 10.1. The molecule has 3 nitrogen and oxygen atoms in total. The van der Waals surface area contributed by atoms with Gasteiger partial charge in [0.2, 0.25) is 0 Å². The molecule has 2 rings (SSSR count). The quantitative estimate of drug-likeness (QED) is 0.872. The topological polar surface area (TPSA) is 36.4 Å². The fourth-order valence-corrected chi connectivity index (χ4v) is 1.71. The van der Waals surface area contributed by atoms with Crippen molar-refractivity contribution in [2.24, 2.45) is 0 Å². The molecule has 1 aromatic carbocycles. The molecule has 0 amide bonds. The van der Waals surface area contributed by atoms with E-state index in [9.17, 15) is 5.11 Å². The van der Waals surface area contributed by atoms with Crippen molar-refractivity contribution >= 4 is 5.82 Å². The monoisotopic (exact) mass is 228 g/mol. The van der Waals surface area contributed by atoms with E-state index >= 15 is 0 Å². The van der Waals surface area contributed by atoms with Crippen molar-refractivity contribution in [2.45, 2.75) is 6.10 Å². The van der Waals surface area contributed by atoms with Gasteiger partial charge in [-0.2, -0.15) is 0 Å². The van der Waals surface area contributed by atoms with Gasteiger partial charge in [-0.1, -0.05) is 36.4 Å². The maximum Gasteiger partial charge on any atom is 0.128 e. The standard InChI is InChI=1S/C14H16N2O/c1-16(14-9-5-6-10-15-14)11-13(17)12-7-3-2-4-8-12/h2-10,13,17H,11H2,1H3. The van der Waals surface area contributed by atoms with E-state index in [1.165, 1.54) is 0 Å². The molecular formula is C14H16N2O. The molecule has 0 aliphatic rings. The summed E-state index contributed by atoms with van der Waals surface area (Å²) >= 11 is 0. The van der Waals surface area contributed by atoms with Crippen molar-refractivity contribution in [3.8, 4) is 0 Å². The molecule has 0 radical (unpaired) electrons. The van der Waals surface area contributed by atoms with Crippen molar-refractivity contribution in [3.05, 3.63) is 60.3 Å². The molecule has 17 heavy (non-hydrogen) atoms. The molecule has 88 valence electrons. The van der Waals surface area contributed by atoms with Gasteiger partial charge in [-0.15, -0.1) is 0 Å². The van der Waals surface area contributed by atoms with Crippen LogP contribution in [0, 0.1) is 0 Å². The Balaban J connectivity index is 2.02. The van der Waals surface area contributed by atoms with Gasteiger partial charge in [-0.05, 0) is 17.7 Å². The fraction of sp³-hybridized carbons (Fsp3) is 0.214. The molecular weight excluding hydrogens is 212 g/mol. The highest BCUT2D eigenvalue weighted by Crippen LogP contribution is 2.16. The first kappa shape index (κ1) is 11.6. The van der Waals surface area contributed by atoms with E-state index in [2.05, 4.69) is 4.98 Å². The van der Waals surface area contributed by atoms with Crippen molar-refractivity contribution < 1.29 is 5.11 Å². The maximum atomic E-state index is 10.1. The molecule has 0 spiro atoms. The van der Waals surface area contributed by atoms with Gasteiger partial charge in [0.25, 0.3) is 0 Å². The number of benzene rings is 1. The van der Waals surface area contributed by atoms with Crippen LogP contribution in [0.3, 0.4) is 0 Å². The fourth-order valence-electron chi connectivity index (χ4n) is 1.71. The van der Waals surface area contributed by atoms with Gasteiger partial charge in [0, 0.05) is 19.8 Å². The number of likely N-dealkylation sites (N-methyl/N-ethyl adjacent to an activating group) is 1. The molecule has 1 N–H and O–H groups in total. The minimum absolute atomic E-state index is 0.497. The third-order valence-electron chi connectivity index (χ3n) is 2.67. The summed E-state index contributed by atoms with van der Waals surface area (Å²) in [6, 6.07) is 15.4. The van der Waals surface area contributed by atoms with E-state index in [4.69, 9.17) is 0 Å². The number of rotatable bonds is 4. The number of aliphatic hydroxyl groups excluding tert-OH is 1. The number of nitrogens with zero attached hydrogens (tertiary/aromatic N) is 2. The molecule has 1 atom stereocenters. The zero-order valence-electron chi connectivity index (χ0n) is 9.82. The minimum Gasteiger partial charge on any atom is -0.387 e. The van der Waals surface area contributed by atoms with Crippen LogP contribution in [0.5, 0.6) is 0 Å². The Labute approximate surface area is 101 Å². The molecule has 0 saturated heterocycles. The van der Waals surface area contributed by atoms with Crippen LogP contribution in [0.2, 0.25) is 0 Å². The van der Waals surface area contributed by atoms with Crippen LogP contribution < -0.4 is 4.90 Å². The van der Waals surface area contributed by atoms with Gasteiger partial charge in [0.05, 0.1) is 6.10 Å². The molecule has 0 bridgehead atoms.